The number of benzene rings is 1. The maximum atomic E-state index is 5.57. The fraction of sp³-hybridized carbons (Fsp3) is 0.500. The first-order valence-corrected chi connectivity index (χ1v) is 11.1. The molecule has 0 aliphatic carbocycles. The van der Waals surface area contributed by atoms with Crippen molar-refractivity contribution in [3.63, 3.8) is 0 Å². The molecule has 0 bridgehead atoms. The van der Waals surface area contributed by atoms with Crippen LogP contribution in [0.25, 0.3) is 0 Å². The average molecular weight is 433 g/mol. The number of thiophene rings is 1. The monoisotopic (exact) mass is 432 g/mol. The molecule has 1 saturated heterocycles. The Balaban J connectivity index is 1.49. The summed E-state index contributed by atoms with van der Waals surface area (Å²) in [5.41, 5.74) is 1.06. The largest absolute Gasteiger partial charge is 0.493 e. The summed E-state index contributed by atoms with van der Waals surface area (Å²) >= 11 is 1.81. The summed E-state index contributed by atoms with van der Waals surface area (Å²) in [7, 11) is 6.71. The van der Waals surface area contributed by atoms with Crippen molar-refractivity contribution in [1.82, 2.24) is 10.6 Å². The van der Waals surface area contributed by atoms with Crippen molar-refractivity contribution in [3.8, 4) is 17.2 Å². The summed E-state index contributed by atoms with van der Waals surface area (Å²) in [5.74, 6) is 2.83. The zero-order chi connectivity index (χ0) is 21.3. The van der Waals surface area contributed by atoms with E-state index in [9.17, 15) is 0 Å². The molecule has 30 heavy (non-hydrogen) atoms. The van der Waals surface area contributed by atoms with Gasteiger partial charge in [-0.3, -0.25) is 4.99 Å². The van der Waals surface area contributed by atoms with Gasteiger partial charge in [-0.05, 0) is 42.8 Å². The number of ether oxygens (including phenoxy) is 3. The third-order valence-corrected chi connectivity index (χ3v) is 6.28. The van der Waals surface area contributed by atoms with Gasteiger partial charge in [0.25, 0.3) is 0 Å². The van der Waals surface area contributed by atoms with Crippen LogP contribution in [0.15, 0.2) is 34.6 Å². The van der Waals surface area contributed by atoms with Crippen LogP contribution in [-0.2, 0) is 6.42 Å². The number of rotatable bonds is 8. The molecule has 1 aromatic carbocycles. The number of nitrogens with one attached hydrogen (secondary N) is 2. The topological polar surface area (TPSA) is 67.4 Å². The number of methoxy groups -OCH3 is 3. The minimum Gasteiger partial charge on any atom is -0.493 e. The third kappa shape index (κ3) is 5.30. The summed E-state index contributed by atoms with van der Waals surface area (Å²) in [6, 6.07) is 8.66. The van der Waals surface area contributed by atoms with E-state index in [1.807, 2.05) is 30.5 Å². The van der Waals surface area contributed by atoms with E-state index >= 15 is 0 Å². The van der Waals surface area contributed by atoms with Gasteiger partial charge in [-0.25, -0.2) is 0 Å². The molecule has 1 fully saturated rings. The Morgan fingerprint density at radius 1 is 1.10 bits per heavy atom. The van der Waals surface area contributed by atoms with Gasteiger partial charge >= 0.3 is 0 Å². The molecule has 0 radical (unpaired) electrons. The van der Waals surface area contributed by atoms with Crippen molar-refractivity contribution in [2.75, 3.05) is 52.9 Å². The van der Waals surface area contributed by atoms with Crippen LogP contribution in [0.4, 0.5) is 5.00 Å². The fourth-order valence-electron chi connectivity index (χ4n) is 3.76. The molecule has 8 heteroatoms. The molecule has 0 atom stereocenters. The second-order valence-electron chi connectivity index (χ2n) is 7.10. The molecule has 7 nitrogen and oxygen atoms in total. The van der Waals surface area contributed by atoms with Gasteiger partial charge in [-0.1, -0.05) is 6.07 Å². The first-order chi connectivity index (χ1) is 14.7. The van der Waals surface area contributed by atoms with Crippen LogP contribution in [0.1, 0.15) is 18.4 Å². The lowest BCUT2D eigenvalue weighted by Crippen LogP contribution is -2.49. The number of hydrogen-bond acceptors (Lipinski definition) is 6. The predicted octanol–water partition coefficient (Wildman–Crippen LogP) is 3.15. The number of nitrogens with zero attached hydrogens (tertiary/aromatic N) is 2. The summed E-state index contributed by atoms with van der Waals surface area (Å²) < 4.78 is 16.4. The van der Waals surface area contributed by atoms with Crippen LogP contribution in [0.2, 0.25) is 0 Å². The first-order valence-electron chi connectivity index (χ1n) is 10.2. The summed E-state index contributed by atoms with van der Waals surface area (Å²) in [6.45, 7) is 2.87. The van der Waals surface area contributed by atoms with Crippen molar-refractivity contribution < 1.29 is 14.2 Å². The Labute approximate surface area is 183 Å². The second-order valence-corrected chi connectivity index (χ2v) is 8.03. The Kier molecular flexibility index (Phi) is 8.07. The van der Waals surface area contributed by atoms with Crippen LogP contribution >= 0.6 is 11.3 Å². The van der Waals surface area contributed by atoms with E-state index in [1.54, 1.807) is 21.3 Å². The van der Waals surface area contributed by atoms with Gasteiger partial charge in [0.1, 0.15) is 0 Å². The summed E-state index contributed by atoms with van der Waals surface area (Å²) in [6.07, 6.45) is 2.98. The lowest BCUT2D eigenvalue weighted by Gasteiger charge is -2.33. The Hall–Kier alpha value is -2.61. The van der Waals surface area contributed by atoms with E-state index in [0.717, 1.165) is 50.4 Å². The van der Waals surface area contributed by atoms with Crippen molar-refractivity contribution in [1.29, 1.82) is 0 Å². The fourth-order valence-corrected chi connectivity index (χ4v) is 4.54. The van der Waals surface area contributed by atoms with E-state index in [1.165, 1.54) is 5.00 Å². The molecule has 2 heterocycles. The third-order valence-electron chi connectivity index (χ3n) is 5.35. The molecule has 1 aromatic heterocycles. The van der Waals surface area contributed by atoms with Gasteiger partial charge in [0, 0.05) is 38.3 Å². The van der Waals surface area contributed by atoms with Crippen molar-refractivity contribution in [2.24, 2.45) is 4.99 Å². The number of aliphatic imine (C=N–C) groups is 1. The molecule has 0 unspecified atom stereocenters. The van der Waals surface area contributed by atoms with E-state index in [2.05, 4.69) is 38.0 Å². The Morgan fingerprint density at radius 3 is 2.47 bits per heavy atom. The van der Waals surface area contributed by atoms with E-state index in [4.69, 9.17) is 14.2 Å². The number of guanidine groups is 1. The van der Waals surface area contributed by atoms with Crippen LogP contribution in [0, 0.1) is 0 Å². The van der Waals surface area contributed by atoms with E-state index in [0.29, 0.717) is 23.3 Å². The molecule has 164 valence electrons. The van der Waals surface area contributed by atoms with Gasteiger partial charge in [0.15, 0.2) is 17.5 Å². The smallest absolute Gasteiger partial charge is 0.203 e. The lowest BCUT2D eigenvalue weighted by molar-refractivity contribution is 0.322. The molecule has 3 rings (SSSR count). The number of hydrogen-bond donors (Lipinski definition) is 2. The molecule has 2 N–H and O–H groups in total. The maximum absolute atomic E-state index is 5.57. The molecular weight excluding hydrogens is 400 g/mol. The van der Waals surface area contributed by atoms with E-state index < -0.39 is 0 Å². The highest BCUT2D eigenvalue weighted by Crippen LogP contribution is 2.39. The predicted molar refractivity (Wildman–Crippen MR) is 124 cm³/mol. The Bertz CT molecular complexity index is 818. The van der Waals surface area contributed by atoms with Gasteiger partial charge in [-0.2, -0.15) is 0 Å². The molecule has 1 aliphatic rings. The molecule has 0 saturated carbocycles. The SMILES string of the molecule is CN=C(NCCc1ccc(OC)c(OC)c1OC)NC1CCN(c2cccs2)CC1. The highest BCUT2D eigenvalue weighted by Gasteiger charge is 2.21. The normalized spacial score (nSPS) is 15.1. The van der Waals surface area contributed by atoms with Crippen LogP contribution in [0.3, 0.4) is 0 Å². The van der Waals surface area contributed by atoms with Crippen molar-refractivity contribution in [2.45, 2.75) is 25.3 Å². The van der Waals surface area contributed by atoms with Gasteiger partial charge in [0.2, 0.25) is 5.75 Å². The average Bonchev–Trinajstić information content (AvgIpc) is 3.33. The van der Waals surface area contributed by atoms with E-state index in [-0.39, 0.29) is 0 Å². The minimum atomic E-state index is 0.433. The molecule has 0 spiro atoms. The highest BCUT2D eigenvalue weighted by atomic mass is 32.1. The van der Waals surface area contributed by atoms with Crippen LogP contribution in [-0.4, -0.2) is 60.0 Å². The molecular formula is C22H32N4O3S. The quantitative estimate of drug-likeness (QED) is 0.493. The maximum Gasteiger partial charge on any atom is 0.203 e. The Morgan fingerprint density at radius 2 is 1.87 bits per heavy atom. The van der Waals surface area contributed by atoms with Crippen LogP contribution in [0.5, 0.6) is 17.2 Å². The second kappa shape index (κ2) is 11.0. The number of piperidine rings is 1. The minimum absolute atomic E-state index is 0.433. The summed E-state index contributed by atoms with van der Waals surface area (Å²) in [5, 5.41) is 10.5. The molecule has 0 amide bonds. The van der Waals surface area contributed by atoms with Gasteiger partial charge < -0.3 is 29.7 Å². The van der Waals surface area contributed by atoms with Crippen molar-refractivity contribution >= 4 is 22.3 Å². The van der Waals surface area contributed by atoms with Crippen LogP contribution < -0.4 is 29.7 Å². The lowest BCUT2D eigenvalue weighted by atomic mass is 10.1. The van der Waals surface area contributed by atoms with Gasteiger partial charge in [0.05, 0.1) is 26.3 Å². The van der Waals surface area contributed by atoms with Gasteiger partial charge in [-0.15, -0.1) is 11.3 Å². The zero-order valence-corrected chi connectivity index (χ0v) is 19.1. The zero-order valence-electron chi connectivity index (χ0n) is 18.2. The number of anilines is 1. The summed E-state index contributed by atoms with van der Waals surface area (Å²) in [4.78, 5) is 6.85. The highest BCUT2D eigenvalue weighted by molar-refractivity contribution is 7.14. The molecule has 2 aromatic rings. The molecule has 1 aliphatic heterocycles. The van der Waals surface area contributed by atoms with Crippen molar-refractivity contribution in [3.05, 3.63) is 35.2 Å². The first kappa shape index (κ1) is 22.1. The standard InChI is InChI=1S/C22H32N4O3S/c1-23-22(25-17-10-13-26(14-11-17)19-6-5-15-30-19)24-12-9-16-7-8-18(27-2)21(29-4)20(16)28-3/h5-8,15,17H,9-14H2,1-4H3,(H2,23,24,25).